The molecular weight excluding hydrogens is 356 g/mol. The summed E-state index contributed by atoms with van der Waals surface area (Å²) in [6, 6.07) is 5.12. The lowest BCUT2D eigenvalue weighted by Gasteiger charge is -2.16. The molecule has 1 heterocycles. The second-order valence-corrected chi connectivity index (χ2v) is 8.50. The van der Waals surface area contributed by atoms with Gasteiger partial charge in [-0.15, -0.1) is 0 Å². The van der Waals surface area contributed by atoms with Gasteiger partial charge in [-0.1, -0.05) is 19.3 Å². The first-order valence-electron chi connectivity index (χ1n) is 8.89. The summed E-state index contributed by atoms with van der Waals surface area (Å²) in [6.45, 7) is 0.991. The molecule has 144 valence electrons. The van der Waals surface area contributed by atoms with Crippen molar-refractivity contribution in [2.24, 2.45) is 0 Å². The van der Waals surface area contributed by atoms with Gasteiger partial charge >= 0.3 is 5.97 Å². The summed E-state index contributed by atoms with van der Waals surface area (Å²) in [5, 5.41) is 11.4. The number of aliphatic carboxylic acids is 1. The van der Waals surface area contributed by atoms with E-state index < -0.39 is 16.0 Å². The van der Waals surface area contributed by atoms with E-state index in [2.05, 4.69) is 5.32 Å². The van der Waals surface area contributed by atoms with E-state index in [1.807, 2.05) is 0 Å². The van der Waals surface area contributed by atoms with Crippen LogP contribution < -0.4 is 9.62 Å². The standard InChI is InChI=1S/C18H26N2O5S/c1-26(24,25)20-12-10-14-13-15(8-9-16(14)20)18(23)19-11-6-4-2-3-5-7-17(21)22/h8-9,13H,2-7,10-12H2,1H3,(H,19,23)(H,21,22). The van der Waals surface area contributed by atoms with Gasteiger partial charge in [-0.25, -0.2) is 8.42 Å². The van der Waals surface area contributed by atoms with Gasteiger partial charge in [0.05, 0.1) is 11.9 Å². The molecule has 1 aromatic carbocycles. The molecule has 2 N–H and O–H groups in total. The Morgan fingerprint density at radius 3 is 2.54 bits per heavy atom. The SMILES string of the molecule is CS(=O)(=O)N1CCc2cc(C(=O)NCCCCCCCC(=O)O)ccc21. The Morgan fingerprint density at radius 1 is 1.15 bits per heavy atom. The minimum atomic E-state index is -3.28. The maximum atomic E-state index is 12.2. The molecular formula is C18H26N2O5S. The van der Waals surface area contributed by atoms with Crippen molar-refractivity contribution in [1.29, 1.82) is 0 Å². The maximum absolute atomic E-state index is 12.2. The summed E-state index contributed by atoms with van der Waals surface area (Å²) in [6.07, 6.45) is 6.36. The number of hydrogen-bond donors (Lipinski definition) is 2. The summed E-state index contributed by atoms with van der Waals surface area (Å²) >= 11 is 0. The molecule has 0 unspecified atom stereocenters. The van der Waals surface area contributed by atoms with Crippen LogP contribution in [-0.2, 0) is 21.2 Å². The van der Waals surface area contributed by atoms with Crippen LogP contribution in [0.25, 0.3) is 0 Å². The number of carbonyl (C=O) groups is 2. The Balaban J connectivity index is 1.75. The number of unbranched alkanes of at least 4 members (excludes halogenated alkanes) is 4. The summed E-state index contributed by atoms with van der Waals surface area (Å²) in [4.78, 5) is 22.6. The van der Waals surface area contributed by atoms with E-state index in [0.29, 0.717) is 37.2 Å². The number of sulfonamides is 1. The highest BCUT2D eigenvalue weighted by Crippen LogP contribution is 2.30. The van der Waals surface area contributed by atoms with Crippen LogP contribution in [-0.4, -0.2) is 44.7 Å². The summed E-state index contributed by atoms with van der Waals surface area (Å²) in [7, 11) is -3.28. The van der Waals surface area contributed by atoms with Crippen molar-refractivity contribution in [1.82, 2.24) is 5.32 Å². The molecule has 1 aliphatic rings. The molecule has 0 fully saturated rings. The van der Waals surface area contributed by atoms with Crippen molar-refractivity contribution in [3.63, 3.8) is 0 Å². The number of rotatable bonds is 10. The van der Waals surface area contributed by atoms with Gasteiger partial charge in [0, 0.05) is 25.1 Å². The van der Waals surface area contributed by atoms with E-state index in [9.17, 15) is 18.0 Å². The molecule has 0 aliphatic carbocycles. The third-order valence-corrected chi connectivity index (χ3v) is 5.63. The molecule has 2 rings (SSSR count). The van der Waals surface area contributed by atoms with Crippen molar-refractivity contribution in [2.45, 2.75) is 44.9 Å². The molecule has 0 saturated heterocycles. The van der Waals surface area contributed by atoms with Crippen molar-refractivity contribution in [3.05, 3.63) is 29.3 Å². The summed E-state index contributed by atoms with van der Waals surface area (Å²) in [5.41, 5.74) is 2.08. The van der Waals surface area contributed by atoms with Crippen LogP contribution in [0.4, 0.5) is 5.69 Å². The van der Waals surface area contributed by atoms with Gasteiger partial charge in [0.15, 0.2) is 0 Å². The average Bonchev–Trinajstić information content (AvgIpc) is 3.00. The minimum Gasteiger partial charge on any atom is -0.481 e. The Kier molecular flexibility index (Phi) is 7.02. The van der Waals surface area contributed by atoms with E-state index in [-0.39, 0.29) is 12.3 Å². The Bertz CT molecular complexity index is 761. The van der Waals surface area contributed by atoms with Crippen molar-refractivity contribution in [3.8, 4) is 0 Å². The number of nitrogens with one attached hydrogen (secondary N) is 1. The molecule has 1 aliphatic heterocycles. The van der Waals surface area contributed by atoms with Gasteiger partial charge in [0.1, 0.15) is 0 Å². The quantitative estimate of drug-likeness (QED) is 0.604. The van der Waals surface area contributed by atoms with Gasteiger partial charge < -0.3 is 10.4 Å². The largest absolute Gasteiger partial charge is 0.481 e. The van der Waals surface area contributed by atoms with Crippen LogP contribution in [0.2, 0.25) is 0 Å². The molecule has 8 heteroatoms. The highest BCUT2D eigenvalue weighted by molar-refractivity contribution is 7.92. The topological polar surface area (TPSA) is 104 Å². The first-order chi connectivity index (χ1) is 12.3. The molecule has 1 aromatic rings. The van der Waals surface area contributed by atoms with E-state index in [0.717, 1.165) is 31.2 Å². The number of nitrogens with zero attached hydrogens (tertiary/aromatic N) is 1. The minimum absolute atomic E-state index is 0.156. The first kappa shape index (κ1) is 20.2. The van der Waals surface area contributed by atoms with Crippen LogP contribution in [0.5, 0.6) is 0 Å². The Hall–Kier alpha value is -2.09. The molecule has 26 heavy (non-hydrogen) atoms. The maximum Gasteiger partial charge on any atom is 0.303 e. The average molecular weight is 382 g/mol. The van der Waals surface area contributed by atoms with Crippen LogP contribution in [0, 0.1) is 0 Å². The molecule has 1 amide bonds. The number of benzene rings is 1. The van der Waals surface area contributed by atoms with Crippen LogP contribution in [0.15, 0.2) is 18.2 Å². The Morgan fingerprint density at radius 2 is 1.85 bits per heavy atom. The van der Waals surface area contributed by atoms with E-state index in [1.54, 1.807) is 18.2 Å². The molecule has 0 radical (unpaired) electrons. The second kappa shape index (κ2) is 9.02. The number of carboxylic acids is 1. The number of carboxylic acid groups (broad SMARTS) is 1. The van der Waals surface area contributed by atoms with Crippen molar-refractivity contribution < 1.29 is 23.1 Å². The van der Waals surface area contributed by atoms with Crippen molar-refractivity contribution >= 4 is 27.6 Å². The molecule has 0 atom stereocenters. The lowest BCUT2D eigenvalue weighted by atomic mass is 10.1. The van der Waals surface area contributed by atoms with Crippen LogP contribution >= 0.6 is 0 Å². The zero-order chi connectivity index (χ0) is 19.2. The van der Waals surface area contributed by atoms with E-state index in [1.165, 1.54) is 10.6 Å². The number of amides is 1. The van der Waals surface area contributed by atoms with Crippen LogP contribution in [0.3, 0.4) is 0 Å². The fourth-order valence-corrected chi connectivity index (χ4v) is 4.05. The fraction of sp³-hybridized carbons (Fsp3) is 0.556. The van der Waals surface area contributed by atoms with Gasteiger partial charge in [-0.3, -0.25) is 13.9 Å². The molecule has 0 bridgehead atoms. The summed E-state index contributed by atoms with van der Waals surface area (Å²) < 4.78 is 24.8. The van der Waals surface area contributed by atoms with Gasteiger partial charge in [0.2, 0.25) is 10.0 Å². The second-order valence-electron chi connectivity index (χ2n) is 6.60. The predicted octanol–water partition coefficient (Wildman–Crippen LogP) is 2.16. The summed E-state index contributed by atoms with van der Waals surface area (Å²) in [5.74, 6) is -0.914. The van der Waals surface area contributed by atoms with Gasteiger partial charge in [0.25, 0.3) is 5.91 Å². The Labute approximate surface area is 154 Å². The number of hydrogen-bond acceptors (Lipinski definition) is 4. The predicted molar refractivity (Wildman–Crippen MR) is 100 cm³/mol. The smallest absolute Gasteiger partial charge is 0.303 e. The number of carbonyl (C=O) groups excluding carboxylic acids is 1. The lowest BCUT2D eigenvalue weighted by molar-refractivity contribution is -0.137. The molecule has 0 aromatic heterocycles. The van der Waals surface area contributed by atoms with Gasteiger partial charge in [-0.2, -0.15) is 0 Å². The highest BCUT2D eigenvalue weighted by Gasteiger charge is 2.26. The third kappa shape index (κ3) is 5.72. The highest BCUT2D eigenvalue weighted by atomic mass is 32.2. The fourth-order valence-electron chi connectivity index (χ4n) is 3.09. The third-order valence-electron chi connectivity index (χ3n) is 4.45. The number of fused-ring (bicyclic) bond motifs is 1. The lowest BCUT2D eigenvalue weighted by Crippen LogP contribution is -2.27. The van der Waals surface area contributed by atoms with E-state index >= 15 is 0 Å². The zero-order valence-electron chi connectivity index (χ0n) is 15.0. The zero-order valence-corrected chi connectivity index (χ0v) is 15.8. The first-order valence-corrected chi connectivity index (χ1v) is 10.7. The van der Waals surface area contributed by atoms with E-state index in [4.69, 9.17) is 5.11 Å². The molecule has 0 saturated carbocycles. The van der Waals surface area contributed by atoms with Crippen LogP contribution in [0.1, 0.15) is 54.4 Å². The molecule has 0 spiro atoms. The van der Waals surface area contributed by atoms with Gasteiger partial charge in [-0.05, 0) is 43.0 Å². The number of anilines is 1. The monoisotopic (exact) mass is 382 g/mol. The molecule has 7 nitrogen and oxygen atoms in total. The van der Waals surface area contributed by atoms with Crippen molar-refractivity contribution in [2.75, 3.05) is 23.7 Å². The normalized spacial score (nSPS) is 13.5.